The largest absolute Gasteiger partial charge is 0.461 e. The van der Waals surface area contributed by atoms with E-state index >= 15 is 0 Å². The van der Waals surface area contributed by atoms with E-state index in [0.29, 0.717) is 0 Å². The number of benzene rings is 1. The molecule has 0 aliphatic heterocycles. The third kappa shape index (κ3) is 3.19. The number of rotatable bonds is 6. The second-order valence-electron chi connectivity index (χ2n) is 4.70. The highest BCUT2D eigenvalue weighted by molar-refractivity contribution is 7.99. The molecule has 108 valence electrons. The molecule has 3 aromatic rings. The first-order chi connectivity index (χ1) is 10.4. The molecule has 0 bridgehead atoms. The molecule has 3 rings (SSSR count). The monoisotopic (exact) mass is 299 g/mol. The zero-order valence-electron chi connectivity index (χ0n) is 11.9. The molecule has 0 unspecified atom stereocenters. The van der Waals surface area contributed by atoms with Crippen molar-refractivity contribution in [1.82, 2.24) is 14.8 Å². The highest BCUT2D eigenvalue weighted by Crippen LogP contribution is 2.25. The lowest BCUT2D eigenvalue weighted by atomic mass is 10.2. The summed E-state index contributed by atoms with van der Waals surface area (Å²) in [6, 6.07) is 14.1. The van der Waals surface area contributed by atoms with E-state index in [1.807, 2.05) is 30.3 Å². The van der Waals surface area contributed by atoms with Gasteiger partial charge in [0.15, 0.2) is 10.9 Å². The van der Waals surface area contributed by atoms with Crippen molar-refractivity contribution in [3.8, 4) is 11.6 Å². The van der Waals surface area contributed by atoms with Crippen molar-refractivity contribution >= 4 is 11.8 Å². The average molecular weight is 299 g/mol. The smallest absolute Gasteiger partial charge is 0.200 e. The summed E-state index contributed by atoms with van der Waals surface area (Å²) in [6.45, 7) is 2.91. The molecule has 5 heteroatoms. The molecule has 0 saturated heterocycles. The van der Waals surface area contributed by atoms with E-state index in [-0.39, 0.29) is 0 Å². The Morgan fingerprint density at radius 1 is 1.10 bits per heavy atom. The van der Waals surface area contributed by atoms with Crippen LogP contribution in [0.4, 0.5) is 0 Å². The Hall–Kier alpha value is -2.01. The van der Waals surface area contributed by atoms with Gasteiger partial charge in [0.05, 0.1) is 12.8 Å². The SMILES string of the molecule is CCCSc1nnc(-c2ccco2)n1Cc1ccccc1. The zero-order valence-corrected chi connectivity index (χ0v) is 12.7. The van der Waals surface area contributed by atoms with Crippen LogP contribution < -0.4 is 0 Å². The molecule has 0 aliphatic rings. The minimum Gasteiger partial charge on any atom is -0.461 e. The molecule has 4 nitrogen and oxygen atoms in total. The van der Waals surface area contributed by atoms with Gasteiger partial charge in [0.25, 0.3) is 0 Å². The van der Waals surface area contributed by atoms with Crippen LogP contribution in [0.5, 0.6) is 0 Å². The molecule has 2 aromatic heterocycles. The summed E-state index contributed by atoms with van der Waals surface area (Å²) in [5.41, 5.74) is 1.23. The van der Waals surface area contributed by atoms with Crippen LogP contribution in [0.15, 0.2) is 58.3 Å². The van der Waals surface area contributed by atoms with E-state index in [0.717, 1.165) is 35.5 Å². The topological polar surface area (TPSA) is 43.9 Å². The van der Waals surface area contributed by atoms with Gasteiger partial charge in [-0.15, -0.1) is 10.2 Å². The fourth-order valence-electron chi connectivity index (χ4n) is 2.09. The van der Waals surface area contributed by atoms with E-state index in [4.69, 9.17) is 4.42 Å². The molecule has 21 heavy (non-hydrogen) atoms. The van der Waals surface area contributed by atoms with Gasteiger partial charge in [-0.2, -0.15) is 0 Å². The molecule has 1 aromatic carbocycles. The molecular formula is C16H17N3OS. The van der Waals surface area contributed by atoms with Crippen molar-refractivity contribution in [3.05, 3.63) is 54.3 Å². The van der Waals surface area contributed by atoms with Crippen LogP contribution in [0, 0.1) is 0 Å². The Bertz CT molecular complexity index is 677. The van der Waals surface area contributed by atoms with E-state index in [1.54, 1.807) is 18.0 Å². The average Bonchev–Trinajstić information content (AvgIpc) is 3.16. The van der Waals surface area contributed by atoms with Gasteiger partial charge in [-0.1, -0.05) is 49.0 Å². The third-order valence-electron chi connectivity index (χ3n) is 3.08. The highest BCUT2D eigenvalue weighted by Gasteiger charge is 2.16. The van der Waals surface area contributed by atoms with Crippen LogP contribution in [0.25, 0.3) is 11.6 Å². The fraction of sp³-hybridized carbons (Fsp3) is 0.250. The lowest BCUT2D eigenvalue weighted by Crippen LogP contribution is -2.04. The number of furan rings is 1. The quantitative estimate of drug-likeness (QED) is 0.643. The van der Waals surface area contributed by atoms with E-state index in [1.165, 1.54) is 5.56 Å². The van der Waals surface area contributed by atoms with Gasteiger partial charge in [-0.05, 0) is 24.1 Å². The summed E-state index contributed by atoms with van der Waals surface area (Å²) in [6.07, 6.45) is 2.77. The van der Waals surface area contributed by atoms with Crippen LogP contribution in [0.1, 0.15) is 18.9 Å². The molecular weight excluding hydrogens is 282 g/mol. The van der Waals surface area contributed by atoms with E-state index in [9.17, 15) is 0 Å². The second kappa shape index (κ2) is 6.63. The summed E-state index contributed by atoms with van der Waals surface area (Å²) < 4.78 is 7.60. The number of hydrogen-bond acceptors (Lipinski definition) is 4. The summed E-state index contributed by atoms with van der Waals surface area (Å²) in [5.74, 6) is 2.56. The standard InChI is InChI=1S/C16H17N3OS/c1-2-11-21-16-18-17-15(14-9-6-10-20-14)19(16)12-13-7-4-3-5-8-13/h3-10H,2,11-12H2,1H3. The van der Waals surface area contributed by atoms with E-state index in [2.05, 4.69) is 33.8 Å². The Kier molecular flexibility index (Phi) is 4.40. The first-order valence-electron chi connectivity index (χ1n) is 7.02. The lowest BCUT2D eigenvalue weighted by molar-refractivity contribution is 0.569. The molecule has 2 heterocycles. The van der Waals surface area contributed by atoms with Crippen molar-refractivity contribution in [3.63, 3.8) is 0 Å². The Balaban J connectivity index is 1.96. The van der Waals surface area contributed by atoms with Crippen molar-refractivity contribution in [2.75, 3.05) is 5.75 Å². The molecule has 0 spiro atoms. The fourth-order valence-corrected chi connectivity index (χ4v) is 2.88. The first kappa shape index (κ1) is 13.9. The number of thioether (sulfide) groups is 1. The minimum absolute atomic E-state index is 0.746. The summed E-state index contributed by atoms with van der Waals surface area (Å²) >= 11 is 1.73. The molecule has 0 aliphatic carbocycles. The maximum Gasteiger partial charge on any atom is 0.200 e. The molecule has 0 fully saturated rings. The lowest BCUT2D eigenvalue weighted by Gasteiger charge is -2.08. The third-order valence-corrected chi connectivity index (χ3v) is 4.25. The maximum absolute atomic E-state index is 5.48. The summed E-state index contributed by atoms with van der Waals surface area (Å²) in [4.78, 5) is 0. The molecule has 0 N–H and O–H groups in total. The van der Waals surface area contributed by atoms with Crippen molar-refractivity contribution in [1.29, 1.82) is 0 Å². The minimum atomic E-state index is 0.746. The zero-order chi connectivity index (χ0) is 14.5. The summed E-state index contributed by atoms with van der Waals surface area (Å²) in [7, 11) is 0. The normalized spacial score (nSPS) is 10.9. The van der Waals surface area contributed by atoms with Crippen LogP contribution in [0.3, 0.4) is 0 Å². The Morgan fingerprint density at radius 2 is 1.95 bits per heavy atom. The predicted octanol–water partition coefficient (Wildman–Crippen LogP) is 4.09. The second-order valence-corrected chi connectivity index (χ2v) is 5.77. The highest BCUT2D eigenvalue weighted by atomic mass is 32.2. The van der Waals surface area contributed by atoms with Gasteiger partial charge in [-0.3, -0.25) is 4.57 Å². The van der Waals surface area contributed by atoms with Crippen molar-refractivity contribution < 1.29 is 4.42 Å². The first-order valence-corrected chi connectivity index (χ1v) is 8.01. The molecule has 0 saturated carbocycles. The van der Waals surface area contributed by atoms with Crippen LogP contribution >= 0.6 is 11.8 Å². The Morgan fingerprint density at radius 3 is 2.67 bits per heavy atom. The van der Waals surface area contributed by atoms with Gasteiger partial charge in [0.2, 0.25) is 5.82 Å². The number of hydrogen-bond donors (Lipinski definition) is 0. The molecule has 0 amide bonds. The van der Waals surface area contributed by atoms with Gasteiger partial charge in [0, 0.05) is 5.75 Å². The molecule has 0 atom stereocenters. The van der Waals surface area contributed by atoms with Gasteiger partial charge >= 0.3 is 0 Å². The van der Waals surface area contributed by atoms with Crippen LogP contribution in [-0.4, -0.2) is 20.5 Å². The van der Waals surface area contributed by atoms with E-state index < -0.39 is 0 Å². The van der Waals surface area contributed by atoms with Gasteiger partial charge in [0.1, 0.15) is 0 Å². The summed E-state index contributed by atoms with van der Waals surface area (Å²) in [5, 5.41) is 9.56. The number of nitrogens with zero attached hydrogens (tertiary/aromatic N) is 3. The maximum atomic E-state index is 5.48. The van der Waals surface area contributed by atoms with Gasteiger partial charge < -0.3 is 4.42 Å². The number of aromatic nitrogens is 3. The molecule has 0 radical (unpaired) electrons. The van der Waals surface area contributed by atoms with Crippen molar-refractivity contribution in [2.24, 2.45) is 0 Å². The Labute approximate surface area is 128 Å². The van der Waals surface area contributed by atoms with Gasteiger partial charge in [-0.25, -0.2) is 0 Å². The van der Waals surface area contributed by atoms with Crippen LogP contribution in [-0.2, 0) is 6.54 Å². The predicted molar refractivity (Wildman–Crippen MR) is 84.3 cm³/mol. The van der Waals surface area contributed by atoms with Crippen molar-refractivity contribution in [2.45, 2.75) is 25.0 Å². The van der Waals surface area contributed by atoms with Crippen LogP contribution in [0.2, 0.25) is 0 Å².